The van der Waals surface area contributed by atoms with Crippen molar-refractivity contribution < 1.29 is 14.6 Å². The summed E-state index contributed by atoms with van der Waals surface area (Å²) < 4.78 is 7.47. The van der Waals surface area contributed by atoms with Gasteiger partial charge in [0, 0.05) is 40.6 Å². The highest BCUT2D eigenvalue weighted by Crippen LogP contribution is 2.35. The molecule has 37 heavy (non-hydrogen) atoms. The first-order valence-corrected chi connectivity index (χ1v) is 12.7. The van der Waals surface area contributed by atoms with Crippen molar-refractivity contribution >= 4 is 39.4 Å². The largest absolute Gasteiger partial charge is 0.497 e. The summed E-state index contributed by atoms with van der Waals surface area (Å²) in [5, 5.41) is 13.9. The maximum absolute atomic E-state index is 13.5. The Balaban J connectivity index is 1.29. The van der Waals surface area contributed by atoms with Gasteiger partial charge in [-0.15, -0.1) is 0 Å². The Morgan fingerprint density at radius 2 is 1.86 bits per heavy atom. The quantitative estimate of drug-likeness (QED) is 0.331. The molecular formula is C29H27ClN4O3. The van der Waals surface area contributed by atoms with Gasteiger partial charge in [-0.1, -0.05) is 23.7 Å². The number of pyridine rings is 1. The lowest BCUT2D eigenvalue weighted by molar-refractivity contribution is -0.136. The number of aromatic amines is 1. The van der Waals surface area contributed by atoms with Gasteiger partial charge in [0.25, 0.3) is 0 Å². The lowest BCUT2D eigenvalue weighted by Crippen LogP contribution is -2.46. The Bertz CT molecular complexity index is 1560. The summed E-state index contributed by atoms with van der Waals surface area (Å²) in [7, 11) is 1.65. The molecule has 1 aliphatic heterocycles. The number of fused-ring (bicyclic) bond motifs is 2. The zero-order valence-corrected chi connectivity index (χ0v) is 21.2. The molecule has 2 N–H and O–H groups in total. The normalized spacial score (nSPS) is 15.4. The summed E-state index contributed by atoms with van der Waals surface area (Å²) in [5.41, 5.74) is 3.43. The highest BCUT2D eigenvalue weighted by atomic mass is 35.5. The van der Waals surface area contributed by atoms with Crippen LogP contribution < -0.4 is 4.74 Å². The van der Waals surface area contributed by atoms with Crippen LogP contribution in [0, 0.1) is 0 Å². The highest BCUT2D eigenvalue weighted by molar-refractivity contribution is 6.30. The Labute approximate surface area is 219 Å². The number of aromatic nitrogens is 3. The number of aliphatic hydroxyl groups is 1. The van der Waals surface area contributed by atoms with Crippen LogP contribution in [-0.4, -0.2) is 50.6 Å². The van der Waals surface area contributed by atoms with E-state index in [0.29, 0.717) is 31.0 Å². The van der Waals surface area contributed by atoms with Gasteiger partial charge in [0.15, 0.2) is 0 Å². The molecule has 0 atom stereocenters. The van der Waals surface area contributed by atoms with Crippen molar-refractivity contribution in [3.63, 3.8) is 0 Å². The molecule has 4 heterocycles. The monoisotopic (exact) mass is 514 g/mol. The topological polar surface area (TPSA) is 83.4 Å². The number of nitrogens with one attached hydrogen (secondary N) is 1. The molecule has 1 saturated heterocycles. The Kier molecular flexibility index (Phi) is 5.89. The van der Waals surface area contributed by atoms with Crippen LogP contribution in [0.2, 0.25) is 5.02 Å². The molecule has 1 aliphatic rings. The van der Waals surface area contributed by atoms with Gasteiger partial charge in [-0.25, -0.2) is 4.98 Å². The van der Waals surface area contributed by atoms with E-state index in [0.717, 1.165) is 44.6 Å². The smallest absolute Gasteiger partial charge is 0.242 e. The number of benzene rings is 2. The molecule has 5 aromatic rings. The lowest BCUT2D eigenvalue weighted by Gasteiger charge is -2.38. The maximum atomic E-state index is 13.5. The second kappa shape index (κ2) is 9.25. The molecule has 2 aromatic carbocycles. The number of carbonyl (C=O) groups excluding carboxylic acids is 1. The van der Waals surface area contributed by atoms with E-state index in [1.54, 1.807) is 25.4 Å². The molecule has 3 aromatic heterocycles. The zero-order valence-electron chi connectivity index (χ0n) is 20.4. The fraction of sp³-hybridized carbons (Fsp3) is 0.241. The van der Waals surface area contributed by atoms with E-state index in [4.69, 9.17) is 16.3 Å². The number of likely N-dealkylation sites (tertiary alicyclic amines) is 1. The van der Waals surface area contributed by atoms with Crippen molar-refractivity contribution in [2.75, 3.05) is 20.2 Å². The second-order valence-corrected chi connectivity index (χ2v) is 10.0. The minimum Gasteiger partial charge on any atom is -0.497 e. The van der Waals surface area contributed by atoms with Crippen LogP contribution in [0.25, 0.3) is 33.3 Å². The molecule has 0 spiro atoms. The number of piperidine rings is 1. The summed E-state index contributed by atoms with van der Waals surface area (Å²) >= 11 is 6.02. The Morgan fingerprint density at radius 3 is 2.59 bits per heavy atom. The minimum absolute atomic E-state index is 0.0157. The summed E-state index contributed by atoms with van der Waals surface area (Å²) in [4.78, 5) is 23.2. The number of halogens is 1. The van der Waals surface area contributed by atoms with E-state index < -0.39 is 5.60 Å². The van der Waals surface area contributed by atoms with Gasteiger partial charge in [0.1, 0.15) is 17.9 Å². The van der Waals surface area contributed by atoms with E-state index in [2.05, 4.69) is 22.1 Å². The summed E-state index contributed by atoms with van der Waals surface area (Å²) in [6.45, 7) is 1.15. The van der Waals surface area contributed by atoms with Crippen molar-refractivity contribution in [2.24, 2.45) is 0 Å². The third-order valence-electron chi connectivity index (χ3n) is 7.39. The number of H-pyrrole nitrogens is 1. The van der Waals surface area contributed by atoms with Crippen molar-refractivity contribution in [1.82, 2.24) is 19.4 Å². The molecule has 6 rings (SSSR count). The first kappa shape index (κ1) is 23.6. The van der Waals surface area contributed by atoms with Crippen molar-refractivity contribution in [3.8, 4) is 17.1 Å². The first-order chi connectivity index (χ1) is 17.9. The number of nitrogens with zero attached hydrogens (tertiary/aromatic N) is 3. The van der Waals surface area contributed by atoms with Crippen LogP contribution in [0.3, 0.4) is 0 Å². The van der Waals surface area contributed by atoms with E-state index in [1.165, 1.54) is 0 Å². The van der Waals surface area contributed by atoms with E-state index in [1.807, 2.05) is 51.9 Å². The number of ether oxygens (including phenoxy) is 1. The molecule has 1 amide bonds. The van der Waals surface area contributed by atoms with Crippen LogP contribution in [0.15, 0.2) is 72.9 Å². The zero-order chi connectivity index (χ0) is 25.6. The maximum Gasteiger partial charge on any atom is 0.242 e. The van der Waals surface area contributed by atoms with Gasteiger partial charge in [0.2, 0.25) is 5.91 Å². The fourth-order valence-corrected chi connectivity index (χ4v) is 5.40. The van der Waals surface area contributed by atoms with Crippen LogP contribution >= 0.6 is 11.6 Å². The van der Waals surface area contributed by atoms with E-state index in [-0.39, 0.29) is 12.5 Å². The fourth-order valence-electron chi connectivity index (χ4n) is 5.28. The van der Waals surface area contributed by atoms with E-state index >= 15 is 0 Å². The number of hydrogen-bond acceptors (Lipinski definition) is 4. The van der Waals surface area contributed by atoms with Gasteiger partial charge < -0.3 is 24.3 Å². The molecule has 1 fully saturated rings. The predicted octanol–water partition coefficient (Wildman–Crippen LogP) is 5.36. The van der Waals surface area contributed by atoms with Crippen LogP contribution in [-0.2, 0) is 16.9 Å². The highest BCUT2D eigenvalue weighted by Gasteiger charge is 2.35. The Morgan fingerprint density at radius 1 is 1.08 bits per heavy atom. The molecule has 0 radical (unpaired) electrons. The average molecular weight is 515 g/mol. The number of rotatable bonds is 5. The van der Waals surface area contributed by atoms with Gasteiger partial charge in [-0.2, -0.15) is 0 Å². The second-order valence-electron chi connectivity index (χ2n) is 9.58. The van der Waals surface area contributed by atoms with Crippen LogP contribution in [0.4, 0.5) is 0 Å². The molecule has 7 nitrogen and oxygen atoms in total. The number of carbonyl (C=O) groups is 1. The Hall–Kier alpha value is -3.81. The minimum atomic E-state index is -0.958. The van der Waals surface area contributed by atoms with Gasteiger partial charge >= 0.3 is 0 Å². The van der Waals surface area contributed by atoms with Crippen LogP contribution in [0.5, 0.6) is 5.75 Å². The average Bonchev–Trinajstić information content (AvgIpc) is 3.50. The summed E-state index contributed by atoms with van der Waals surface area (Å²) in [6, 6.07) is 21.2. The molecule has 188 valence electrons. The molecular weight excluding hydrogens is 488 g/mol. The van der Waals surface area contributed by atoms with Gasteiger partial charge in [-0.3, -0.25) is 4.79 Å². The molecule has 0 bridgehead atoms. The van der Waals surface area contributed by atoms with Crippen molar-refractivity contribution in [2.45, 2.75) is 25.0 Å². The van der Waals surface area contributed by atoms with Gasteiger partial charge in [0.05, 0.1) is 24.1 Å². The third kappa shape index (κ3) is 4.34. The van der Waals surface area contributed by atoms with Gasteiger partial charge in [-0.05, 0) is 73.0 Å². The number of amides is 1. The van der Waals surface area contributed by atoms with E-state index in [9.17, 15) is 9.90 Å². The summed E-state index contributed by atoms with van der Waals surface area (Å²) in [6.07, 6.45) is 2.71. The standard InChI is InChI=1S/C29H27ClN4O3/c1-37-23-8-9-25-20(15-23)17-26(24-16-19-3-2-12-31-28(19)32-24)34(25)18-27(35)33-13-10-29(36,11-14-33)21-4-6-22(30)7-5-21/h2-9,12,15-17,36H,10-11,13-14,18H2,1H3,(H,31,32). The SMILES string of the molecule is COc1ccc2c(c1)cc(-c1cc3cccnc3[nH]1)n2CC(=O)N1CCC(O)(c2ccc(Cl)cc2)CC1. The molecule has 8 heteroatoms. The third-order valence-corrected chi connectivity index (χ3v) is 7.65. The first-order valence-electron chi connectivity index (χ1n) is 12.3. The summed E-state index contributed by atoms with van der Waals surface area (Å²) in [5.74, 6) is 0.778. The van der Waals surface area contributed by atoms with Crippen molar-refractivity contribution in [3.05, 3.63) is 83.5 Å². The number of hydrogen-bond donors (Lipinski definition) is 2. The lowest BCUT2D eigenvalue weighted by atomic mass is 9.84. The number of methoxy groups -OCH3 is 1. The predicted molar refractivity (Wildman–Crippen MR) is 145 cm³/mol. The molecule has 0 saturated carbocycles. The molecule has 0 aliphatic carbocycles. The van der Waals surface area contributed by atoms with Crippen molar-refractivity contribution in [1.29, 1.82) is 0 Å². The van der Waals surface area contributed by atoms with Crippen LogP contribution in [0.1, 0.15) is 18.4 Å². The molecule has 0 unspecified atom stereocenters.